The molecule has 0 aliphatic heterocycles. The number of hydrogen-bond donors (Lipinski definition) is 3. The number of nitrogens with two attached hydrogens (primary N) is 1. The molecule has 0 unspecified atom stereocenters. The van der Waals surface area contributed by atoms with Crippen LogP contribution >= 0.6 is 11.8 Å². The molecule has 4 N–H and O–H groups in total. The molecule has 0 radical (unpaired) electrons. The molecule has 3 aromatic rings. The van der Waals surface area contributed by atoms with Crippen LogP contribution in [0.1, 0.15) is 0 Å². The highest BCUT2D eigenvalue weighted by atomic mass is 32.2. The molecular formula is C9H7FN8S. The maximum Gasteiger partial charge on any atom is 0.238 e. The van der Waals surface area contributed by atoms with Crippen LogP contribution in [0.3, 0.4) is 0 Å². The number of H-pyrrole nitrogens is 1. The van der Waals surface area contributed by atoms with Crippen molar-refractivity contribution in [1.82, 2.24) is 29.9 Å². The summed E-state index contributed by atoms with van der Waals surface area (Å²) in [6.45, 7) is 0. The van der Waals surface area contributed by atoms with E-state index in [-0.39, 0.29) is 11.0 Å². The lowest BCUT2D eigenvalue weighted by molar-refractivity contribution is 0.580. The van der Waals surface area contributed by atoms with Gasteiger partial charge in [0.25, 0.3) is 0 Å². The highest BCUT2D eigenvalue weighted by Gasteiger charge is 2.13. The van der Waals surface area contributed by atoms with Gasteiger partial charge in [-0.15, -0.1) is 0 Å². The maximum absolute atomic E-state index is 13.6. The van der Waals surface area contributed by atoms with Crippen LogP contribution in [0.4, 0.5) is 10.3 Å². The minimum Gasteiger partial charge on any atom is -0.341 e. The number of nitrogens with zero attached hydrogens (tertiary/aromatic N) is 5. The first-order valence-electron chi connectivity index (χ1n) is 5.09. The van der Waals surface area contributed by atoms with E-state index >= 15 is 0 Å². The van der Waals surface area contributed by atoms with Crippen molar-refractivity contribution in [2.45, 2.75) is 10.1 Å². The van der Waals surface area contributed by atoms with Crippen molar-refractivity contribution in [1.29, 1.82) is 0 Å². The number of imidazole rings is 1. The van der Waals surface area contributed by atoms with Gasteiger partial charge in [0, 0.05) is 0 Å². The molecule has 0 fully saturated rings. The van der Waals surface area contributed by atoms with Gasteiger partial charge in [-0.05, 0) is 11.8 Å². The molecule has 0 saturated carbocycles. The lowest BCUT2D eigenvalue weighted by Crippen LogP contribution is -2.11. The molecule has 0 aliphatic rings. The Morgan fingerprint density at radius 2 is 2.11 bits per heavy atom. The van der Waals surface area contributed by atoms with Crippen molar-refractivity contribution in [3.8, 4) is 0 Å². The monoisotopic (exact) mass is 278 g/mol. The summed E-state index contributed by atoms with van der Waals surface area (Å²) in [6, 6.07) is 0. The molecule has 0 amide bonds. The predicted octanol–water partition coefficient (Wildman–Crippen LogP) is 0.719. The molecule has 0 bridgehead atoms. The van der Waals surface area contributed by atoms with Gasteiger partial charge in [-0.2, -0.15) is 0 Å². The second kappa shape index (κ2) is 4.74. The summed E-state index contributed by atoms with van der Waals surface area (Å²) in [5.41, 5.74) is 3.38. The molecular weight excluding hydrogens is 271 g/mol. The lowest BCUT2D eigenvalue weighted by Gasteiger charge is -2.04. The van der Waals surface area contributed by atoms with Crippen LogP contribution in [0.25, 0.3) is 11.2 Å². The standard InChI is InChI=1S/C9H7FN8S/c10-4-1-12-9(18-11)17-7(4)19-8-5-6(14-2-13-5)15-3-16-8/h1-3H,11H2,(H,12,17,18)(H,13,14,15,16). The summed E-state index contributed by atoms with van der Waals surface area (Å²) in [6.07, 6.45) is 3.88. The molecule has 0 saturated heterocycles. The van der Waals surface area contributed by atoms with Gasteiger partial charge in [-0.25, -0.2) is 35.2 Å². The lowest BCUT2D eigenvalue weighted by atomic mass is 10.6. The van der Waals surface area contributed by atoms with Gasteiger partial charge in [0.15, 0.2) is 11.5 Å². The Balaban J connectivity index is 2.03. The highest BCUT2D eigenvalue weighted by Crippen LogP contribution is 2.30. The number of rotatable bonds is 3. The summed E-state index contributed by atoms with van der Waals surface area (Å²) in [5, 5.41) is 0.626. The van der Waals surface area contributed by atoms with Crippen LogP contribution in [-0.2, 0) is 0 Å². The van der Waals surface area contributed by atoms with Crippen LogP contribution < -0.4 is 11.3 Å². The summed E-state index contributed by atoms with van der Waals surface area (Å²) in [7, 11) is 0. The van der Waals surface area contributed by atoms with Gasteiger partial charge in [-0.1, -0.05) is 0 Å². The van der Waals surface area contributed by atoms with Crippen LogP contribution in [0.15, 0.2) is 28.9 Å². The molecule has 96 valence electrons. The van der Waals surface area contributed by atoms with Crippen molar-refractivity contribution in [3.63, 3.8) is 0 Å². The number of aromatic nitrogens is 6. The van der Waals surface area contributed by atoms with Crippen molar-refractivity contribution in [2.24, 2.45) is 5.84 Å². The van der Waals surface area contributed by atoms with Crippen LogP contribution in [0.2, 0.25) is 0 Å². The number of anilines is 1. The molecule has 3 heterocycles. The Morgan fingerprint density at radius 3 is 2.95 bits per heavy atom. The van der Waals surface area contributed by atoms with Crippen molar-refractivity contribution < 1.29 is 4.39 Å². The zero-order chi connectivity index (χ0) is 13.2. The second-order valence-corrected chi connectivity index (χ2v) is 4.35. The molecule has 0 atom stereocenters. The molecule has 8 nitrogen and oxygen atoms in total. The van der Waals surface area contributed by atoms with E-state index in [0.29, 0.717) is 16.2 Å². The fourth-order valence-electron chi connectivity index (χ4n) is 1.40. The fourth-order valence-corrected chi connectivity index (χ4v) is 2.22. The minimum absolute atomic E-state index is 0.109. The van der Waals surface area contributed by atoms with Gasteiger partial charge in [0.2, 0.25) is 5.95 Å². The Bertz CT molecular complexity index is 729. The molecule has 0 aromatic carbocycles. The number of hydrogen-bond acceptors (Lipinski definition) is 8. The molecule has 3 rings (SSSR count). The third kappa shape index (κ3) is 2.18. The van der Waals surface area contributed by atoms with E-state index in [9.17, 15) is 4.39 Å². The zero-order valence-electron chi connectivity index (χ0n) is 9.33. The quantitative estimate of drug-likeness (QED) is 0.364. The van der Waals surface area contributed by atoms with Crippen LogP contribution in [0.5, 0.6) is 0 Å². The summed E-state index contributed by atoms with van der Waals surface area (Å²) >= 11 is 1.03. The third-order valence-corrected chi connectivity index (χ3v) is 3.21. The maximum atomic E-state index is 13.6. The number of fused-ring (bicyclic) bond motifs is 1. The molecule has 10 heteroatoms. The normalized spacial score (nSPS) is 10.8. The average Bonchev–Trinajstić information content (AvgIpc) is 2.90. The second-order valence-electron chi connectivity index (χ2n) is 3.37. The topological polar surface area (TPSA) is 118 Å². The molecule has 19 heavy (non-hydrogen) atoms. The highest BCUT2D eigenvalue weighted by molar-refractivity contribution is 7.99. The largest absolute Gasteiger partial charge is 0.341 e. The van der Waals surface area contributed by atoms with Crippen molar-refractivity contribution in [3.05, 3.63) is 24.7 Å². The van der Waals surface area contributed by atoms with Gasteiger partial charge >= 0.3 is 0 Å². The van der Waals surface area contributed by atoms with E-state index in [1.54, 1.807) is 0 Å². The Labute approximate surface area is 110 Å². The van der Waals surface area contributed by atoms with Gasteiger partial charge in [0.05, 0.1) is 12.5 Å². The smallest absolute Gasteiger partial charge is 0.238 e. The first-order chi connectivity index (χ1) is 9.28. The summed E-state index contributed by atoms with van der Waals surface area (Å²) < 4.78 is 13.6. The van der Waals surface area contributed by atoms with Gasteiger partial charge in [-0.3, -0.25) is 5.43 Å². The zero-order valence-corrected chi connectivity index (χ0v) is 10.1. The Morgan fingerprint density at radius 1 is 1.21 bits per heavy atom. The summed E-state index contributed by atoms with van der Waals surface area (Å²) in [4.78, 5) is 22.5. The summed E-state index contributed by atoms with van der Waals surface area (Å²) in [5.74, 6) is 4.75. The number of aromatic amines is 1. The first-order valence-corrected chi connectivity index (χ1v) is 5.90. The van der Waals surface area contributed by atoms with Gasteiger partial charge < -0.3 is 4.98 Å². The number of nitrogens with one attached hydrogen (secondary N) is 2. The molecule has 0 spiro atoms. The number of nitrogen functional groups attached to an aromatic ring is 1. The molecule has 3 aromatic heterocycles. The number of hydrazine groups is 1. The van der Waals surface area contributed by atoms with E-state index in [1.807, 2.05) is 0 Å². The molecule has 0 aliphatic carbocycles. The fraction of sp³-hybridized carbons (Fsp3) is 0. The Kier molecular flexibility index (Phi) is 2.93. The van der Waals surface area contributed by atoms with E-state index in [2.05, 4.69) is 35.3 Å². The third-order valence-electron chi connectivity index (χ3n) is 2.22. The van der Waals surface area contributed by atoms with Gasteiger partial charge in [0.1, 0.15) is 21.9 Å². The minimum atomic E-state index is -0.560. The van der Waals surface area contributed by atoms with E-state index < -0.39 is 5.82 Å². The number of halogens is 1. The van der Waals surface area contributed by atoms with Crippen molar-refractivity contribution in [2.75, 3.05) is 5.43 Å². The van der Waals surface area contributed by atoms with E-state index in [1.165, 1.54) is 12.7 Å². The van der Waals surface area contributed by atoms with E-state index in [0.717, 1.165) is 18.0 Å². The van der Waals surface area contributed by atoms with Crippen LogP contribution in [0, 0.1) is 5.82 Å². The predicted molar refractivity (Wildman–Crippen MR) is 65.6 cm³/mol. The SMILES string of the molecule is NNc1ncc(F)c(Sc2ncnc3nc[nH]c23)n1. The van der Waals surface area contributed by atoms with E-state index in [4.69, 9.17) is 5.84 Å². The average molecular weight is 278 g/mol. The Hall–Kier alpha value is -2.33. The van der Waals surface area contributed by atoms with Crippen molar-refractivity contribution >= 4 is 28.9 Å². The first kappa shape index (κ1) is 11.7. The van der Waals surface area contributed by atoms with Crippen LogP contribution in [-0.4, -0.2) is 29.9 Å².